The molecule has 0 radical (unpaired) electrons. The summed E-state index contributed by atoms with van der Waals surface area (Å²) in [7, 11) is 0. The zero-order valence-corrected chi connectivity index (χ0v) is 18.5. The molecule has 0 spiro atoms. The topological polar surface area (TPSA) is 124 Å². The third-order valence-corrected chi connectivity index (χ3v) is 6.28. The van der Waals surface area contributed by atoms with E-state index in [-0.39, 0.29) is 36.3 Å². The van der Waals surface area contributed by atoms with Gasteiger partial charge in [0.15, 0.2) is 22.3 Å². The van der Waals surface area contributed by atoms with Gasteiger partial charge in [-0.3, -0.25) is 5.32 Å². The van der Waals surface area contributed by atoms with E-state index in [9.17, 15) is 23.8 Å². The van der Waals surface area contributed by atoms with Gasteiger partial charge in [0.2, 0.25) is 0 Å². The lowest BCUT2D eigenvalue weighted by molar-refractivity contribution is 0.0826. The summed E-state index contributed by atoms with van der Waals surface area (Å²) in [5.74, 6) is -2.06. The van der Waals surface area contributed by atoms with E-state index in [2.05, 4.69) is 20.6 Å². The fourth-order valence-corrected chi connectivity index (χ4v) is 4.63. The highest BCUT2D eigenvalue weighted by atomic mass is 32.1. The molecule has 4 N–H and O–H groups in total. The normalized spacial score (nSPS) is 18.7. The number of nitrogens with one attached hydrogen (secondary N) is 2. The van der Waals surface area contributed by atoms with Crippen LogP contribution in [0.1, 0.15) is 37.4 Å². The Bertz CT molecular complexity index is 1120. The van der Waals surface area contributed by atoms with E-state index in [4.69, 9.17) is 4.42 Å². The SMILES string of the molecule is C[C@H]1c2sc(NC(=O)NCC(C)(C)O)nc2C[C@@H](CO)N1c1nc2cc(F)c(F)cc2o1. The molecule has 0 saturated heterocycles. The first-order valence-corrected chi connectivity index (χ1v) is 10.8. The first kappa shape index (κ1) is 22.4. The lowest BCUT2D eigenvalue weighted by atomic mass is 10.00. The van der Waals surface area contributed by atoms with Gasteiger partial charge < -0.3 is 24.8 Å². The maximum Gasteiger partial charge on any atom is 0.321 e. The van der Waals surface area contributed by atoms with Gasteiger partial charge in [-0.15, -0.1) is 0 Å². The average molecular weight is 467 g/mol. The molecule has 2 atom stereocenters. The molecule has 4 rings (SSSR count). The number of aromatic nitrogens is 2. The summed E-state index contributed by atoms with van der Waals surface area (Å²) < 4.78 is 32.8. The predicted octanol–water partition coefficient (Wildman–Crippen LogP) is 2.94. The Morgan fingerprint density at radius 1 is 1.34 bits per heavy atom. The molecule has 2 amide bonds. The number of anilines is 2. The van der Waals surface area contributed by atoms with Crippen LogP contribution in [0.3, 0.4) is 0 Å². The molecule has 0 bridgehead atoms. The lowest BCUT2D eigenvalue weighted by Crippen LogP contribution is -2.45. The average Bonchev–Trinajstić information content (AvgIpc) is 3.29. The van der Waals surface area contributed by atoms with E-state index in [1.54, 1.807) is 18.7 Å². The van der Waals surface area contributed by atoms with Gasteiger partial charge in [0.1, 0.15) is 5.52 Å². The number of nitrogens with zero attached hydrogens (tertiary/aromatic N) is 3. The van der Waals surface area contributed by atoms with Gasteiger partial charge in [-0.2, -0.15) is 4.98 Å². The molecular weight excluding hydrogens is 444 g/mol. The number of amides is 2. The van der Waals surface area contributed by atoms with Crippen molar-refractivity contribution < 1.29 is 28.2 Å². The highest BCUT2D eigenvalue weighted by molar-refractivity contribution is 7.16. The Kier molecular flexibility index (Phi) is 5.77. The largest absolute Gasteiger partial charge is 0.423 e. The van der Waals surface area contributed by atoms with Crippen LogP contribution in [0.2, 0.25) is 0 Å². The van der Waals surface area contributed by atoms with Crippen molar-refractivity contribution >= 4 is 39.6 Å². The number of fused-ring (bicyclic) bond motifs is 2. The summed E-state index contributed by atoms with van der Waals surface area (Å²) >= 11 is 1.27. The second-order valence-corrected chi connectivity index (χ2v) is 9.33. The standard InChI is InChI=1S/C20H23F2N5O4S/c1-9-16-14(24-18(32-16)26-17(29)23-8-20(2,3)30)4-10(7-28)27(9)19-25-13-5-11(21)12(22)6-15(13)31-19/h5-6,9-10,28,30H,4,7-8H2,1-3H3,(H2,23,24,26,29)/t9-,10-/m0/s1. The number of aliphatic hydroxyl groups excluding tert-OH is 1. The van der Waals surface area contributed by atoms with Crippen molar-refractivity contribution in [1.82, 2.24) is 15.3 Å². The molecule has 0 saturated carbocycles. The van der Waals surface area contributed by atoms with Crippen LogP contribution in [-0.4, -0.2) is 51.0 Å². The third kappa shape index (κ3) is 4.38. The minimum absolute atomic E-state index is 0.0690. The van der Waals surface area contributed by atoms with Gasteiger partial charge in [-0.25, -0.2) is 18.6 Å². The highest BCUT2D eigenvalue weighted by Gasteiger charge is 2.37. The maximum atomic E-state index is 13.6. The molecule has 1 aliphatic heterocycles. The number of hydrogen-bond donors (Lipinski definition) is 4. The molecule has 0 aliphatic carbocycles. The second kappa shape index (κ2) is 8.26. The van der Waals surface area contributed by atoms with E-state index in [0.29, 0.717) is 11.6 Å². The number of oxazole rings is 1. The summed E-state index contributed by atoms with van der Waals surface area (Å²) in [5.41, 5.74) is -0.0509. The number of urea groups is 1. The van der Waals surface area contributed by atoms with Crippen LogP contribution in [0.25, 0.3) is 11.1 Å². The Hall–Kier alpha value is -2.83. The molecule has 12 heteroatoms. The molecule has 0 unspecified atom stereocenters. The van der Waals surface area contributed by atoms with Crippen LogP contribution in [0.5, 0.6) is 0 Å². The van der Waals surface area contributed by atoms with E-state index < -0.39 is 29.3 Å². The number of benzene rings is 1. The van der Waals surface area contributed by atoms with Crippen molar-refractivity contribution in [2.45, 2.75) is 44.9 Å². The molecule has 32 heavy (non-hydrogen) atoms. The van der Waals surface area contributed by atoms with Gasteiger partial charge in [0.25, 0.3) is 6.01 Å². The number of hydrogen-bond acceptors (Lipinski definition) is 8. The number of carbonyl (C=O) groups is 1. The van der Waals surface area contributed by atoms with E-state index in [1.807, 2.05) is 6.92 Å². The molecule has 9 nitrogen and oxygen atoms in total. The minimum atomic E-state index is -1.05. The molecule has 3 aromatic rings. The highest BCUT2D eigenvalue weighted by Crippen LogP contribution is 2.41. The molecular formula is C20H23F2N5O4S. The summed E-state index contributed by atoms with van der Waals surface area (Å²) in [5, 5.41) is 25.3. The molecule has 2 aromatic heterocycles. The maximum absolute atomic E-state index is 13.6. The number of carbonyl (C=O) groups excluding carboxylic acids is 1. The predicted molar refractivity (Wildman–Crippen MR) is 115 cm³/mol. The zero-order valence-electron chi connectivity index (χ0n) is 17.6. The van der Waals surface area contributed by atoms with Crippen molar-refractivity contribution in [3.05, 3.63) is 34.3 Å². The summed E-state index contributed by atoms with van der Waals surface area (Å²) in [4.78, 5) is 23.5. The molecule has 0 fully saturated rings. The van der Waals surface area contributed by atoms with Gasteiger partial charge in [-0.1, -0.05) is 11.3 Å². The van der Waals surface area contributed by atoms with E-state index in [0.717, 1.165) is 22.7 Å². The number of rotatable bonds is 5. The number of thiazole rings is 1. The van der Waals surface area contributed by atoms with Crippen molar-refractivity contribution in [3.8, 4) is 0 Å². The van der Waals surface area contributed by atoms with E-state index in [1.165, 1.54) is 11.3 Å². The van der Waals surface area contributed by atoms with E-state index >= 15 is 0 Å². The molecule has 172 valence electrons. The van der Waals surface area contributed by atoms with Crippen LogP contribution >= 0.6 is 11.3 Å². The third-order valence-electron chi connectivity index (χ3n) is 5.10. The summed E-state index contributed by atoms with van der Waals surface area (Å²) in [6.07, 6.45) is 0.362. The first-order chi connectivity index (χ1) is 15.1. The smallest absolute Gasteiger partial charge is 0.321 e. The Morgan fingerprint density at radius 3 is 2.75 bits per heavy atom. The van der Waals surface area contributed by atoms with Crippen LogP contribution in [0.4, 0.5) is 24.7 Å². The fourth-order valence-electron chi connectivity index (χ4n) is 3.59. The van der Waals surface area contributed by atoms with Crippen LogP contribution in [-0.2, 0) is 6.42 Å². The molecule has 1 aromatic carbocycles. The number of aliphatic hydroxyl groups is 2. The Labute approximate surface area is 186 Å². The number of halogens is 2. The van der Waals surface area contributed by atoms with Gasteiger partial charge in [-0.05, 0) is 20.8 Å². The van der Waals surface area contributed by atoms with Crippen molar-refractivity contribution in [2.75, 3.05) is 23.4 Å². The summed E-state index contributed by atoms with van der Waals surface area (Å²) in [6, 6.07) is 0.783. The van der Waals surface area contributed by atoms with Crippen LogP contribution < -0.4 is 15.5 Å². The fraction of sp³-hybridized carbons (Fsp3) is 0.450. The summed E-state index contributed by atoms with van der Waals surface area (Å²) in [6.45, 7) is 4.87. The lowest BCUT2D eigenvalue weighted by Gasteiger charge is -2.37. The second-order valence-electron chi connectivity index (χ2n) is 8.30. The van der Waals surface area contributed by atoms with Crippen molar-refractivity contribution in [3.63, 3.8) is 0 Å². The van der Waals surface area contributed by atoms with Crippen molar-refractivity contribution in [2.24, 2.45) is 0 Å². The zero-order chi connectivity index (χ0) is 23.2. The van der Waals surface area contributed by atoms with Crippen LogP contribution in [0, 0.1) is 11.6 Å². The minimum Gasteiger partial charge on any atom is -0.423 e. The van der Waals surface area contributed by atoms with Gasteiger partial charge >= 0.3 is 6.03 Å². The van der Waals surface area contributed by atoms with Gasteiger partial charge in [0, 0.05) is 25.1 Å². The van der Waals surface area contributed by atoms with Gasteiger partial charge in [0.05, 0.1) is 34.9 Å². The Morgan fingerprint density at radius 2 is 2.06 bits per heavy atom. The molecule has 3 heterocycles. The monoisotopic (exact) mass is 467 g/mol. The first-order valence-electron chi connectivity index (χ1n) is 9.97. The molecule has 1 aliphatic rings. The van der Waals surface area contributed by atoms with Crippen LogP contribution in [0.15, 0.2) is 16.5 Å². The quantitative estimate of drug-likeness (QED) is 0.455. The Balaban J connectivity index is 1.59. The van der Waals surface area contributed by atoms with Crippen molar-refractivity contribution in [1.29, 1.82) is 0 Å².